The molecule has 0 aliphatic rings. The van der Waals surface area contributed by atoms with E-state index in [0.29, 0.717) is 6.42 Å². The van der Waals surface area contributed by atoms with Crippen LogP contribution in [0.25, 0.3) is 0 Å². The summed E-state index contributed by atoms with van der Waals surface area (Å²) in [4.78, 5) is 12.4. The molecule has 0 fully saturated rings. The molecule has 19 heavy (non-hydrogen) atoms. The minimum atomic E-state index is -0.608. The molecule has 2 heteroatoms. The first-order chi connectivity index (χ1) is 9.00. The molecule has 0 radical (unpaired) electrons. The highest BCUT2D eigenvalue weighted by Gasteiger charge is 2.29. The van der Waals surface area contributed by atoms with Crippen LogP contribution in [0.15, 0.2) is 54.6 Å². The van der Waals surface area contributed by atoms with Gasteiger partial charge in [0.05, 0.1) is 0 Å². The summed E-state index contributed by atoms with van der Waals surface area (Å²) < 4.78 is 12.9. The van der Waals surface area contributed by atoms with E-state index in [-0.39, 0.29) is 11.6 Å². The molecule has 0 unspecified atom stereocenters. The number of Topliss-reactive ketones (excluding diaryl/α,β-unsaturated/α-hetero) is 1. The molecule has 0 heterocycles. The second-order valence-electron chi connectivity index (χ2n) is 5.22. The molecule has 0 spiro atoms. The van der Waals surface area contributed by atoms with E-state index in [9.17, 15) is 9.18 Å². The Morgan fingerprint density at radius 2 is 1.58 bits per heavy atom. The summed E-state index contributed by atoms with van der Waals surface area (Å²) in [5.74, 6) is -0.152. The summed E-state index contributed by atoms with van der Waals surface area (Å²) in [6.45, 7) is 3.76. The average molecular weight is 256 g/mol. The first-order valence-corrected chi connectivity index (χ1v) is 6.33. The maximum absolute atomic E-state index is 12.9. The van der Waals surface area contributed by atoms with Gasteiger partial charge in [0.1, 0.15) is 11.6 Å². The fraction of sp³-hybridized carbons (Fsp3) is 0.235. The molecule has 0 aromatic heterocycles. The van der Waals surface area contributed by atoms with Crippen LogP contribution < -0.4 is 0 Å². The number of halogens is 1. The molecule has 0 aliphatic heterocycles. The fourth-order valence-corrected chi connectivity index (χ4v) is 2.03. The maximum Gasteiger partial charge on any atom is 0.147 e. The zero-order chi connectivity index (χ0) is 13.9. The molecule has 0 N–H and O–H groups in total. The van der Waals surface area contributed by atoms with Crippen molar-refractivity contribution in [3.63, 3.8) is 0 Å². The van der Waals surface area contributed by atoms with Crippen molar-refractivity contribution in [1.29, 1.82) is 0 Å². The van der Waals surface area contributed by atoms with Gasteiger partial charge in [-0.15, -0.1) is 0 Å². The van der Waals surface area contributed by atoms with E-state index in [1.807, 2.05) is 44.2 Å². The van der Waals surface area contributed by atoms with E-state index in [1.54, 1.807) is 12.1 Å². The van der Waals surface area contributed by atoms with Crippen molar-refractivity contribution >= 4 is 5.78 Å². The number of benzene rings is 2. The topological polar surface area (TPSA) is 17.1 Å². The van der Waals surface area contributed by atoms with Gasteiger partial charge in [0.2, 0.25) is 0 Å². The predicted molar refractivity (Wildman–Crippen MR) is 74.6 cm³/mol. The molecular weight excluding hydrogens is 239 g/mol. The monoisotopic (exact) mass is 256 g/mol. The summed E-state index contributed by atoms with van der Waals surface area (Å²) in [5, 5.41) is 0. The number of carbonyl (C=O) groups is 1. The second kappa shape index (κ2) is 5.35. The predicted octanol–water partition coefficient (Wildman–Crippen LogP) is 3.92. The zero-order valence-corrected chi connectivity index (χ0v) is 11.2. The third-order valence-corrected chi connectivity index (χ3v) is 3.47. The lowest BCUT2D eigenvalue weighted by molar-refractivity contribution is -0.122. The SMILES string of the molecule is CC(C)(C(=O)Cc1ccccc1)c1ccc(F)cc1. The van der Waals surface area contributed by atoms with Crippen molar-refractivity contribution in [1.82, 2.24) is 0 Å². The lowest BCUT2D eigenvalue weighted by atomic mass is 9.78. The molecular formula is C17H17FO. The Hall–Kier alpha value is -1.96. The zero-order valence-electron chi connectivity index (χ0n) is 11.2. The van der Waals surface area contributed by atoms with Crippen molar-refractivity contribution in [3.05, 3.63) is 71.5 Å². The molecule has 0 aliphatic carbocycles. The van der Waals surface area contributed by atoms with Gasteiger partial charge in [-0.1, -0.05) is 42.5 Å². The first-order valence-electron chi connectivity index (χ1n) is 6.33. The smallest absolute Gasteiger partial charge is 0.147 e. The Morgan fingerprint density at radius 1 is 1.00 bits per heavy atom. The van der Waals surface area contributed by atoms with E-state index in [4.69, 9.17) is 0 Å². The highest BCUT2D eigenvalue weighted by atomic mass is 19.1. The van der Waals surface area contributed by atoms with Crippen LogP contribution in [-0.2, 0) is 16.6 Å². The maximum atomic E-state index is 12.9. The lowest BCUT2D eigenvalue weighted by Crippen LogP contribution is -2.30. The van der Waals surface area contributed by atoms with E-state index >= 15 is 0 Å². The van der Waals surface area contributed by atoms with Crippen LogP contribution in [0.2, 0.25) is 0 Å². The van der Waals surface area contributed by atoms with Crippen LogP contribution >= 0.6 is 0 Å². The van der Waals surface area contributed by atoms with Gasteiger partial charge in [0, 0.05) is 11.8 Å². The van der Waals surface area contributed by atoms with Gasteiger partial charge < -0.3 is 0 Å². The van der Waals surface area contributed by atoms with Crippen molar-refractivity contribution < 1.29 is 9.18 Å². The van der Waals surface area contributed by atoms with E-state index < -0.39 is 5.41 Å². The molecule has 98 valence electrons. The molecule has 0 bridgehead atoms. The van der Waals surface area contributed by atoms with Crippen LogP contribution in [0.4, 0.5) is 4.39 Å². The number of hydrogen-bond donors (Lipinski definition) is 0. The van der Waals surface area contributed by atoms with Crippen molar-refractivity contribution in [3.8, 4) is 0 Å². The first kappa shape index (κ1) is 13.5. The Labute approximate surface area is 113 Å². The van der Waals surface area contributed by atoms with Gasteiger partial charge in [-0.05, 0) is 37.1 Å². The molecule has 0 amide bonds. The van der Waals surface area contributed by atoms with Crippen molar-refractivity contribution in [2.75, 3.05) is 0 Å². The summed E-state index contributed by atoms with van der Waals surface area (Å²) in [6, 6.07) is 15.8. The Morgan fingerprint density at radius 3 is 2.16 bits per heavy atom. The number of carbonyl (C=O) groups excluding carboxylic acids is 1. The van der Waals surface area contributed by atoms with Gasteiger partial charge in [-0.3, -0.25) is 4.79 Å². The largest absolute Gasteiger partial charge is 0.298 e. The van der Waals surface area contributed by atoms with Gasteiger partial charge in [0.25, 0.3) is 0 Å². The molecule has 0 saturated heterocycles. The Balaban J connectivity index is 2.19. The third-order valence-electron chi connectivity index (χ3n) is 3.47. The molecule has 1 nitrogen and oxygen atoms in total. The second-order valence-corrected chi connectivity index (χ2v) is 5.22. The van der Waals surface area contributed by atoms with Gasteiger partial charge >= 0.3 is 0 Å². The lowest BCUT2D eigenvalue weighted by Gasteiger charge is -2.23. The highest BCUT2D eigenvalue weighted by Crippen LogP contribution is 2.26. The van der Waals surface area contributed by atoms with Crippen LogP contribution in [0, 0.1) is 5.82 Å². The molecule has 2 aromatic rings. The Kier molecular flexibility index (Phi) is 3.79. The van der Waals surface area contributed by atoms with Crippen LogP contribution in [0.1, 0.15) is 25.0 Å². The van der Waals surface area contributed by atoms with Crippen LogP contribution in [0.3, 0.4) is 0 Å². The van der Waals surface area contributed by atoms with Crippen LogP contribution in [-0.4, -0.2) is 5.78 Å². The van der Waals surface area contributed by atoms with E-state index in [2.05, 4.69) is 0 Å². The third kappa shape index (κ3) is 3.08. The number of ketones is 1. The standard InChI is InChI=1S/C17H17FO/c1-17(2,14-8-10-15(18)11-9-14)16(19)12-13-6-4-3-5-7-13/h3-11H,12H2,1-2H3. The molecule has 2 rings (SSSR count). The minimum Gasteiger partial charge on any atom is -0.298 e. The Bertz CT molecular complexity index is 556. The summed E-state index contributed by atoms with van der Waals surface area (Å²) in [7, 11) is 0. The van der Waals surface area contributed by atoms with Crippen LogP contribution in [0.5, 0.6) is 0 Å². The number of hydrogen-bond acceptors (Lipinski definition) is 1. The van der Waals surface area contributed by atoms with E-state index in [0.717, 1.165) is 11.1 Å². The number of rotatable bonds is 4. The summed E-state index contributed by atoms with van der Waals surface area (Å²) in [6.07, 6.45) is 0.394. The minimum absolute atomic E-state index is 0.130. The molecule has 0 saturated carbocycles. The summed E-state index contributed by atoms with van der Waals surface area (Å²) in [5.41, 5.74) is 1.24. The average Bonchev–Trinajstić information content (AvgIpc) is 2.40. The van der Waals surface area contributed by atoms with Gasteiger partial charge in [0.15, 0.2) is 0 Å². The molecule has 2 aromatic carbocycles. The van der Waals surface area contributed by atoms with Crippen molar-refractivity contribution in [2.24, 2.45) is 0 Å². The highest BCUT2D eigenvalue weighted by molar-refractivity contribution is 5.90. The van der Waals surface area contributed by atoms with Gasteiger partial charge in [-0.25, -0.2) is 4.39 Å². The molecule has 0 atom stereocenters. The van der Waals surface area contributed by atoms with Gasteiger partial charge in [-0.2, -0.15) is 0 Å². The quantitative estimate of drug-likeness (QED) is 0.810. The van der Waals surface area contributed by atoms with E-state index in [1.165, 1.54) is 12.1 Å². The normalized spacial score (nSPS) is 11.3. The summed E-state index contributed by atoms with van der Waals surface area (Å²) >= 11 is 0. The fourth-order valence-electron chi connectivity index (χ4n) is 2.03. The van der Waals surface area contributed by atoms with Crippen molar-refractivity contribution in [2.45, 2.75) is 25.7 Å².